The van der Waals surface area contributed by atoms with Gasteiger partial charge < -0.3 is 10.6 Å². The zero-order chi connectivity index (χ0) is 18.5. The highest BCUT2D eigenvalue weighted by Gasteiger charge is 2.20. The summed E-state index contributed by atoms with van der Waals surface area (Å²) in [5, 5.41) is 13.2. The van der Waals surface area contributed by atoms with Crippen molar-refractivity contribution < 1.29 is 4.79 Å². The molecule has 140 valence electrons. The molecular weight excluding hydrogens is 356 g/mol. The summed E-state index contributed by atoms with van der Waals surface area (Å²) in [6.45, 7) is 2.87. The van der Waals surface area contributed by atoms with E-state index in [4.69, 9.17) is 5.10 Å². The number of carbonyl (C=O) groups is 1. The van der Waals surface area contributed by atoms with Crippen molar-refractivity contribution in [2.75, 3.05) is 19.6 Å². The van der Waals surface area contributed by atoms with Crippen LogP contribution in [0.4, 0.5) is 0 Å². The van der Waals surface area contributed by atoms with Crippen molar-refractivity contribution in [3.8, 4) is 16.3 Å². The fourth-order valence-electron chi connectivity index (χ4n) is 3.50. The van der Waals surface area contributed by atoms with E-state index in [0.717, 1.165) is 35.8 Å². The second kappa shape index (κ2) is 8.50. The number of para-hydroxylation sites is 1. The van der Waals surface area contributed by atoms with Crippen molar-refractivity contribution in [1.82, 2.24) is 20.4 Å². The predicted molar refractivity (Wildman–Crippen MR) is 109 cm³/mol. The molecule has 0 aliphatic carbocycles. The minimum absolute atomic E-state index is 0.0515. The third kappa shape index (κ3) is 4.28. The van der Waals surface area contributed by atoms with Crippen molar-refractivity contribution >= 4 is 17.2 Å². The lowest BCUT2D eigenvalue weighted by molar-refractivity contribution is 0.0951. The van der Waals surface area contributed by atoms with Gasteiger partial charge in [0, 0.05) is 12.7 Å². The van der Waals surface area contributed by atoms with Gasteiger partial charge in [-0.15, -0.1) is 11.3 Å². The Hall–Kier alpha value is -2.44. The summed E-state index contributed by atoms with van der Waals surface area (Å²) in [5.41, 5.74) is 2.32. The van der Waals surface area contributed by atoms with Gasteiger partial charge >= 0.3 is 0 Å². The molecule has 3 aromatic rings. The molecule has 1 aromatic carbocycles. The molecule has 4 rings (SSSR count). The monoisotopic (exact) mass is 380 g/mol. The van der Waals surface area contributed by atoms with Crippen LogP contribution >= 0.6 is 11.3 Å². The normalized spacial score (nSPS) is 17.0. The number of nitrogens with one attached hydrogen (secondary N) is 2. The van der Waals surface area contributed by atoms with E-state index in [1.54, 1.807) is 16.0 Å². The van der Waals surface area contributed by atoms with Crippen LogP contribution < -0.4 is 10.6 Å². The van der Waals surface area contributed by atoms with E-state index in [1.165, 1.54) is 12.8 Å². The van der Waals surface area contributed by atoms with Gasteiger partial charge in [-0.25, -0.2) is 4.68 Å². The maximum Gasteiger partial charge on any atom is 0.255 e. The van der Waals surface area contributed by atoms with E-state index in [1.807, 2.05) is 54.0 Å². The number of rotatable bonds is 6. The molecule has 0 bridgehead atoms. The number of carbonyl (C=O) groups excluding carboxylic acids is 1. The van der Waals surface area contributed by atoms with Crippen LogP contribution in [0.15, 0.2) is 54.0 Å². The Balaban J connectivity index is 1.51. The predicted octanol–water partition coefficient (Wildman–Crippen LogP) is 3.72. The van der Waals surface area contributed by atoms with Gasteiger partial charge in [0.1, 0.15) is 5.69 Å². The van der Waals surface area contributed by atoms with E-state index in [0.29, 0.717) is 18.0 Å². The average Bonchev–Trinajstić information content (AvgIpc) is 3.39. The summed E-state index contributed by atoms with van der Waals surface area (Å²) in [7, 11) is 0. The molecule has 0 spiro atoms. The summed E-state index contributed by atoms with van der Waals surface area (Å²) in [5.74, 6) is 0.604. The van der Waals surface area contributed by atoms with Gasteiger partial charge in [-0.05, 0) is 61.8 Å². The van der Waals surface area contributed by atoms with Crippen LogP contribution in [-0.2, 0) is 0 Å². The van der Waals surface area contributed by atoms with Gasteiger partial charge in [0.05, 0.1) is 16.1 Å². The first kappa shape index (κ1) is 17.9. The first-order valence-corrected chi connectivity index (χ1v) is 10.4. The van der Waals surface area contributed by atoms with Crippen molar-refractivity contribution in [3.63, 3.8) is 0 Å². The molecule has 2 aromatic heterocycles. The molecule has 1 aliphatic heterocycles. The smallest absolute Gasteiger partial charge is 0.255 e. The Kier molecular flexibility index (Phi) is 5.65. The lowest BCUT2D eigenvalue weighted by atomic mass is 9.96. The van der Waals surface area contributed by atoms with Crippen molar-refractivity contribution in [3.05, 3.63) is 59.6 Å². The van der Waals surface area contributed by atoms with E-state index in [2.05, 4.69) is 10.6 Å². The van der Waals surface area contributed by atoms with Crippen molar-refractivity contribution in [1.29, 1.82) is 0 Å². The topological polar surface area (TPSA) is 59.0 Å². The molecule has 27 heavy (non-hydrogen) atoms. The SMILES string of the molecule is O=C(NCCC1CCCNC1)c1cn(-c2ccccc2)nc1-c1cccs1. The van der Waals surface area contributed by atoms with Gasteiger partial charge in [-0.3, -0.25) is 4.79 Å². The van der Waals surface area contributed by atoms with Gasteiger partial charge in [-0.2, -0.15) is 5.10 Å². The quantitative estimate of drug-likeness (QED) is 0.685. The largest absolute Gasteiger partial charge is 0.352 e. The van der Waals surface area contributed by atoms with E-state index in [-0.39, 0.29) is 5.91 Å². The number of piperidine rings is 1. The molecule has 0 radical (unpaired) electrons. The number of thiophene rings is 1. The first-order chi connectivity index (χ1) is 13.3. The second-order valence-electron chi connectivity index (χ2n) is 6.91. The van der Waals surface area contributed by atoms with Gasteiger partial charge in [0.25, 0.3) is 5.91 Å². The minimum Gasteiger partial charge on any atom is -0.352 e. The third-order valence-corrected chi connectivity index (χ3v) is 5.85. The molecule has 1 atom stereocenters. The fraction of sp³-hybridized carbons (Fsp3) is 0.333. The van der Waals surface area contributed by atoms with Crippen LogP contribution in [-0.4, -0.2) is 35.3 Å². The number of aromatic nitrogens is 2. The average molecular weight is 381 g/mol. The van der Waals surface area contributed by atoms with Crippen molar-refractivity contribution in [2.24, 2.45) is 5.92 Å². The molecule has 1 amide bonds. The second-order valence-corrected chi connectivity index (χ2v) is 7.85. The maximum absolute atomic E-state index is 12.9. The molecule has 2 N–H and O–H groups in total. The van der Waals surface area contributed by atoms with Gasteiger partial charge in [0.2, 0.25) is 0 Å². The molecule has 1 aliphatic rings. The summed E-state index contributed by atoms with van der Waals surface area (Å²) in [6.07, 6.45) is 5.32. The fourth-order valence-corrected chi connectivity index (χ4v) is 4.23. The van der Waals surface area contributed by atoms with Crippen LogP contribution in [0.2, 0.25) is 0 Å². The molecule has 1 fully saturated rings. The summed E-state index contributed by atoms with van der Waals surface area (Å²) >= 11 is 1.60. The lowest BCUT2D eigenvalue weighted by Crippen LogP contribution is -2.33. The third-order valence-electron chi connectivity index (χ3n) is 4.97. The van der Waals surface area contributed by atoms with Gasteiger partial charge in [0.15, 0.2) is 0 Å². The Bertz CT molecular complexity index is 867. The molecule has 5 nitrogen and oxygen atoms in total. The zero-order valence-corrected chi connectivity index (χ0v) is 16.0. The number of nitrogens with zero attached hydrogens (tertiary/aromatic N) is 2. The highest BCUT2D eigenvalue weighted by atomic mass is 32.1. The van der Waals surface area contributed by atoms with E-state index < -0.39 is 0 Å². The van der Waals surface area contributed by atoms with Crippen LogP contribution in [0.3, 0.4) is 0 Å². The van der Waals surface area contributed by atoms with Crippen LogP contribution in [0.5, 0.6) is 0 Å². The zero-order valence-electron chi connectivity index (χ0n) is 15.2. The first-order valence-electron chi connectivity index (χ1n) is 9.49. The maximum atomic E-state index is 12.9. The lowest BCUT2D eigenvalue weighted by Gasteiger charge is -2.22. The van der Waals surface area contributed by atoms with E-state index >= 15 is 0 Å². The molecule has 1 saturated heterocycles. The minimum atomic E-state index is -0.0515. The molecule has 3 heterocycles. The molecular formula is C21H24N4OS. The summed E-state index contributed by atoms with van der Waals surface area (Å²) in [4.78, 5) is 13.9. The highest BCUT2D eigenvalue weighted by molar-refractivity contribution is 7.13. The highest BCUT2D eigenvalue weighted by Crippen LogP contribution is 2.27. The van der Waals surface area contributed by atoms with Crippen LogP contribution in [0, 0.1) is 5.92 Å². The Morgan fingerprint density at radius 3 is 2.89 bits per heavy atom. The Morgan fingerprint density at radius 1 is 1.26 bits per heavy atom. The van der Waals surface area contributed by atoms with Crippen LogP contribution in [0.1, 0.15) is 29.6 Å². The molecule has 1 unspecified atom stereocenters. The number of benzene rings is 1. The Labute approximate surface area is 163 Å². The number of hydrogen-bond donors (Lipinski definition) is 2. The molecule has 6 heteroatoms. The summed E-state index contributed by atoms with van der Waals surface area (Å²) < 4.78 is 1.79. The molecule has 0 saturated carbocycles. The van der Waals surface area contributed by atoms with E-state index in [9.17, 15) is 4.79 Å². The number of hydrogen-bond acceptors (Lipinski definition) is 4. The van der Waals surface area contributed by atoms with Crippen LogP contribution in [0.25, 0.3) is 16.3 Å². The van der Waals surface area contributed by atoms with Crippen molar-refractivity contribution in [2.45, 2.75) is 19.3 Å². The summed E-state index contributed by atoms with van der Waals surface area (Å²) in [6, 6.07) is 13.9. The van der Waals surface area contributed by atoms with Gasteiger partial charge in [-0.1, -0.05) is 24.3 Å². The standard InChI is InChI=1S/C21H24N4OS/c26-21(23-12-10-16-6-4-11-22-14-16)18-15-25(17-7-2-1-3-8-17)24-20(18)19-9-5-13-27-19/h1-3,5,7-9,13,15-16,22H,4,6,10-12,14H2,(H,23,26). The Morgan fingerprint density at radius 2 is 2.15 bits per heavy atom. The number of amides is 1.